The van der Waals surface area contributed by atoms with Gasteiger partial charge in [0.25, 0.3) is 17.7 Å². The Bertz CT molecular complexity index is 1290. The van der Waals surface area contributed by atoms with Crippen LogP contribution in [0.3, 0.4) is 0 Å². The molecule has 3 aromatic rings. The molecular formula is C26H23N3O6. The van der Waals surface area contributed by atoms with Gasteiger partial charge in [0.05, 0.1) is 11.3 Å². The third-order valence-electron chi connectivity index (χ3n) is 5.66. The van der Waals surface area contributed by atoms with Crippen molar-refractivity contribution < 1.29 is 28.6 Å². The minimum Gasteiger partial charge on any atom is -0.454 e. The standard InChI is InChI=1S/C26H23N3O6/c30-24(16-5-3-6-17(13-16)28-26(32)22-9-4-12-33-22)29-20-8-2-1-7-19(20)25(31)27-18-10-11-21-23(14-18)35-15-34-21/h1-3,5-8,10-11,13-14,22H,4,9,12,15H2,(H,27,31)(H,28,32)(H,29,30). The van der Waals surface area contributed by atoms with Crippen molar-refractivity contribution in [3.8, 4) is 11.5 Å². The fourth-order valence-corrected chi connectivity index (χ4v) is 3.90. The number of ether oxygens (including phenoxy) is 3. The van der Waals surface area contributed by atoms with Crippen LogP contribution in [-0.4, -0.2) is 37.2 Å². The summed E-state index contributed by atoms with van der Waals surface area (Å²) in [5.74, 6) is 0.130. The zero-order valence-corrected chi connectivity index (χ0v) is 18.7. The van der Waals surface area contributed by atoms with E-state index in [1.807, 2.05) is 0 Å². The maximum atomic E-state index is 13.0. The molecule has 9 heteroatoms. The van der Waals surface area contributed by atoms with Crippen LogP contribution in [0.15, 0.2) is 66.7 Å². The summed E-state index contributed by atoms with van der Waals surface area (Å²) in [7, 11) is 0. The Morgan fingerprint density at radius 3 is 2.46 bits per heavy atom. The first kappa shape index (κ1) is 22.4. The summed E-state index contributed by atoms with van der Waals surface area (Å²) in [4.78, 5) is 38.2. The van der Waals surface area contributed by atoms with E-state index in [1.165, 1.54) is 0 Å². The number of rotatable bonds is 6. The molecule has 1 atom stereocenters. The van der Waals surface area contributed by atoms with Crippen LogP contribution in [0.1, 0.15) is 33.6 Å². The zero-order valence-electron chi connectivity index (χ0n) is 18.7. The summed E-state index contributed by atoms with van der Waals surface area (Å²) in [5, 5.41) is 8.39. The molecule has 1 unspecified atom stereocenters. The van der Waals surface area contributed by atoms with Crippen molar-refractivity contribution in [2.24, 2.45) is 0 Å². The Kier molecular flexibility index (Phi) is 6.32. The summed E-state index contributed by atoms with van der Waals surface area (Å²) < 4.78 is 16.0. The lowest BCUT2D eigenvalue weighted by molar-refractivity contribution is -0.124. The van der Waals surface area contributed by atoms with E-state index in [9.17, 15) is 14.4 Å². The minimum absolute atomic E-state index is 0.140. The lowest BCUT2D eigenvalue weighted by Gasteiger charge is -2.13. The number of para-hydroxylation sites is 1. The van der Waals surface area contributed by atoms with E-state index in [0.717, 1.165) is 6.42 Å². The molecule has 0 radical (unpaired) electrons. The van der Waals surface area contributed by atoms with Crippen LogP contribution in [0.5, 0.6) is 11.5 Å². The highest BCUT2D eigenvalue weighted by Gasteiger charge is 2.24. The summed E-state index contributed by atoms with van der Waals surface area (Å²) in [6, 6.07) is 18.4. The molecule has 1 saturated heterocycles. The number of amides is 3. The first-order valence-corrected chi connectivity index (χ1v) is 11.2. The molecule has 1 fully saturated rings. The molecule has 35 heavy (non-hydrogen) atoms. The molecule has 2 aliphatic rings. The van der Waals surface area contributed by atoms with Gasteiger partial charge in [-0.2, -0.15) is 0 Å². The van der Waals surface area contributed by atoms with E-state index >= 15 is 0 Å². The molecule has 0 aromatic heterocycles. The van der Waals surface area contributed by atoms with E-state index in [2.05, 4.69) is 16.0 Å². The highest BCUT2D eigenvalue weighted by Crippen LogP contribution is 2.34. The maximum Gasteiger partial charge on any atom is 0.257 e. The average Bonchev–Trinajstić information content (AvgIpc) is 3.57. The Balaban J connectivity index is 1.28. The molecule has 0 bridgehead atoms. The minimum atomic E-state index is -0.470. The van der Waals surface area contributed by atoms with Gasteiger partial charge in [-0.1, -0.05) is 18.2 Å². The SMILES string of the molecule is O=C(Nc1ccccc1C(=O)Nc1ccc2c(c1)OCO2)c1cccc(NC(=O)C2CCCO2)c1. The Morgan fingerprint density at radius 1 is 0.771 bits per heavy atom. The van der Waals surface area contributed by atoms with Crippen molar-refractivity contribution in [2.45, 2.75) is 18.9 Å². The van der Waals surface area contributed by atoms with Gasteiger partial charge in [-0.25, -0.2) is 0 Å². The summed E-state index contributed by atoms with van der Waals surface area (Å²) in [5.41, 5.74) is 2.01. The van der Waals surface area contributed by atoms with E-state index in [4.69, 9.17) is 14.2 Å². The maximum absolute atomic E-state index is 13.0. The molecule has 0 aliphatic carbocycles. The smallest absolute Gasteiger partial charge is 0.257 e. The predicted molar refractivity (Wildman–Crippen MR) is 129 cm³/mol. The topological polar surface area (TPSA) is 115 Å². The highest BCUT2D eigenvalue weighted by molar-refractivity contribution is 6.13. The molecule has 5 rings (SSSR count). The van der Waals surface area contributed by atoms with Gasteiger partial charge in [0, 0.05) is 29.6 Å². The molecule has 0 saturated carbocycles. The highest BCUT2D eigenvalue weighted by atomic mass is 16.7. The van der Waals surface area contributed by atoms with Crippen molar-refractivity contribution >= 4 is 34.8 Å². The Labute approximate surface area is 201 Å². The van der Waals surface area contributed by atoms with Crippen LogP contribution in [0, 0.1) is 0 Å². The van der Waals surface area contributed by atoms with Crippen molar-refractivity contribution in [3.63, 3.8) is 0 Å². The molecule has 2 heterocycles. The normalized spacial score (nSPS) is 15.9. The summed E-state index contributed by atoms with van der Waals surface area (Å²) in [6.07, 6.45) is 1.06. The van der Waals surface area contributed by atoms with Gasteiger partial charge >= 0.3 is 0 Å². The zero-order chi connectivity index (χ0) is 24.2. The molecule has 3 aromatic carbocycles. The fourth-order valence-electron chi connectivity index (χ4n) is 3.90. The first-order valence-electron chi connectivity index (χ1n) is 11.2. The van der Waals surface area contributed by atoms with Crippen molar-refractivity contribution in [3.05, 3.63) is 77.9 Å². The molecule has 2 aliphatic heterocycles. The third kappa shape index (κ3) is 5.10. The van der Waals surface area contributed by atoms with Crippen LogP contribution >= 0.6 is 0 Å². The number of benzene rings is 3. The second kappa shape index (κ2) is 9.86. The van der Waals surface area contributed by atoms with Gasteiger partial charge in [-0.15, -0.1) is 0 Å². The average molecular weight is 473 g/mol. The van der Waals surface area contributed by atoms with Gasteiger partial charge < -0.3 is 30.2 Å². The largest absolute Gasteiger partial charge is 0.454 e. The lowest BCUT2D eigenvalue weighted by Crippen LogP contribution is -2.27. The van der Waals surface area contributed by atoms with Crippen LogP contribution in [-0.2, 0) is 9.53 Å². The van der Waals surface area contributed by atoms with Gasteiger partial charge in [-0.05, 0) is 55.3 Å². The van der Waals surface area contributed by atoms with Gasteiger partial charge in [-0.3, -0.25) is 14.4 Å². The third-order valence-corrected chi connectivity index (χ3v) is 5.66. The molecule has 3 amide bonds. The van der Waals surface area contributed by atoms with Gasteiger partial charge in [0.1, 0.15) is 6.10 Å². The van der Waals surface area contributed by atoms with Crippen molar-refractivity contribution in [1.82, 2.24) is 0 Å². The number of fused-ring (bicyclic) bond motifs is 1. The lowest BCUT2D eigenvalue weighted by atomic mass is 10.1. The Hall–Kier alpha value is -4.37. The summed E-state index contributed by atoms with van der Waals surface area (Å²) in [6.45, 7) is 0.711. The molecule has 3 N–H and O–H groups in total. The Morgan fingerprint density at radius 2 is 1.60 bits per heavy atom. The van der Waals surface area contributed by atoms with E-state index < -0.39 is 17.9 Å². The number of carbonyl (C=O) groups excluding carboxylic acids is 3. The van der Waals surface area contributed by atoms with Gasteiger partial charge in [0.2, 0.25) is 6.79 Å². The first-order chi connectivity index (χ1) is 17.1. The van der Waals surface area contributed by atoms with Crippen LogP contribution < -0.4 is 25.4 Å². The molecule has 0 spiro atoms. The summed E-state index contributed by atoms with van der Waals surface area (Å²) >= 11 is 0. The predicted octanol–water partition coefficient (Wildman–Crippen LogP) is 4.04. The second-order valence-electron chi connectivity index (χ2n) is 8.09. The monoisotopic (exact) mass is 473 g/mol. The fraction of sp³-hybridized carbons (Fsp3) is 0.192. The molecular weight excluding hydrogens is 450 g/mol. The van der Waals surface area contributed by atoms with E-state index in [1.54, 1.807) is 66.7 Å². The van der Waals surface area contributed by atoms with Crippen molar-refractivity contribution in [2.75, 3.05) is 29.4 Å². The number of hydrogen-bond acceptors (Lipinski definition) is 6. The van der Waals surface area contributed by atoms with Gasteiger partial charge in [0.15, 0.2) is 11.5 Å². The number of carbonyl (C=O) groups is 3. The number of nitrogens with one attached hydrogen (secondary N) is 3. The van der Waals surface area contributed by atoms with E-state index in [0.29, 0.717) is 52.7 Å². The quantitative estimate of drug-likeness (QED) is 0.498. The van der Waals surface area contributed by atoms with Crippen molar-refractivity contribution in [1.29, 1.82) is 0 Å². The van der Waals surface area contributed by atoms with Crippen LogP contribution in [0.25, 0.3) is 0 Å². The molecule has 9 nitrogen and oxygen atoms in total. The van der Waals surface area contributed by atoms with Crippen LogP contribution in [0.2, 0.25) is 0 Å². The number of hydrogen-bond donors (Lipinski definition) is 3. The second-order valence-corrected chi connectivity index (χ2v) is 8.09. The number of anilines is 3. The molecule has 178 valence electrons. The van der Waals surface area contributed by atoms with E-state index in [-0.39, 0.29) is 12.7 Å². The van der Waals surface area contributed by atoms with Crippen LogP contribution in [0.4, 0.5) is 17.1 Å².